The molecular formula is C13H19N3O. The number of amides is 1. The second kappa shape index (κ2) is 5.29. The van der Waals surface area contributed by atoms with E-state index < -0.39 is 0 Å². The van der Waals surface area contributed by atoms with Crippen LogP contribution in [0.5, 0.6) is 0 Å². The summed E-state index contributed by atoms with van der Waals surface area (Å²) in [5, 5.41) is 3.34. The largest absolute Gasteiger partial charge is 0.366 e. The second-order valence-electron chi connectivity index (χ2n) is 4.53. The van der Waals surface area contributed by atoms with Gasteiger partial charge in [0.2, 0.25) is 5.91 Å². The van der Waals surface area contributed by atoms with Crippen molar-refractivity contribution >= 4 is 5.91 Å². The van der Waals surface area contributed by atoms with Gasteiger partial charge in [0.1, 0.15) is 0 Å². The highest BCUT2D eigenvalue weighted by atomic mass is 16.1. The van der Waals surface area contributed by atoms with Crippen LogP contribution in [0.1, 0.15) is 21.5 Å². The molecule has 1 fully saturated rings. The number of nitrogens with one attached hydrogen (secondary N) is 1. The van der Waals surface area contributed by atoms with E-state index >= 15 is 0 Å². The predicted molar refractivity (Wildman–Crippen MR) is 67.8 cm³/mol. The first kappa shape index (κ1) is 12.1. The highest BCUT2D eigenvalue weighted by Crippen LogP contribution is 2.13. The summed E-state index contributed by atoms with van der Waals surface area (Å²) in [5.41, 5.74) is 8.26. The van der Waals surface area contributed by atoms with Gasteiger partial charge in [-0.1, -0.05) is 6.07 Å². The second-order valence-corrected chi connectivity index (χ2v) is 4.53. The average Bonchev–Trinajstić information content (AvgIpc) is 2.33. The molecule has 0 spiro atoms. The molecule has 4 heteroatoms. The first-order chi connectivity index (χ1) is 8.16. The molecule has 1 aromatic carbocycles. The molecule has 0 unspecified atom stereocenters. The topological polar surface area (TPSA) is 58.4 Å². The molecule has 92 valence electrons. The molecule has 2 rings (SSSR count). The van der Waals surface area contributed by atoms with Crippen LogP contribution in [0, 0.1) is 6.92 Å². The van der Waals surface area contributed by atoms with E-state index in [1.807, 2.05) is 25.1 Å². The molecule has 0 aliphatic carbocycles. The number of hydrogen-bond donors (Lipinski definition) is 2. The molecule has 1 saturated heterocycles. The van der Waals surface area contributed by atoms with Crippen molar-refractivity contribution in [2.45, 2.75) is 13.5 Å². The summed E-state index contributed by atoms with van der Waals surface area (Å²) in [6, 6.07) is 5.70. The van der Waals surface area contributed by atoms with Gasteiger partial charge in [0, 0.05) is 38.3 Å². The van der Waals surface area contributed by atoms with Crippen LogP contribution < -0.4 is 11.1 Å². The van der Waals surface area contributed by atoms with Crippen LogP contribution in [0.25, 0.3) is 0 Å². The van der Waals surface area contributed by atoms with Crippen LogP contribution in [0.15, 0.2) is 18.2 Å². The van der Waals surface area contributed by atoms with Gasteiger partial charge >= 0.3 is 0 Å². The lowest BCUT2D eigenvalue weighted by Crippen LogP contribution is -2.43. The summed E-state index contributed by atoms with van der Waals surface area (Å²) in [5.74, 6) is -0.359. The highest BCUT2D eigenvalue weighted by Gasteiger charge is 2.11. The Bertz CT molecular complexity index is 411. The van der Waals surface area contributed by atoms with E-state index in [1.165, 1.54) is 5.56 Å². The summed E-state index contributed by atoms with van der Waals surface area (Å²) >= 11 is 0. The number of hydrogen-bond acceptors (Lipinski definition) is 3. The molecule has 1 aliphatic heterocycles. The highest BCUT2D eigenvalue weighted by molar-refractivity contribution is 5.93. The van der Waals surface area contributed by atoms with Gasteiger partial charge in [0.25, 0.3) is 0 Å². The van der Waals surface area contributed by atoms with Crippen molar-refractivity contribution in [1.82, 2.24) is 10.2 Å². The molecular weight excluding hydrogens is 214 g/mol. The van der Waals surface area contributed by atoms with Gasteiger partial charge in [-0.3, -0.25) is 9.69 Å². The van der Waals surface area contributed by atoms with E-state index in [2.05, 4.69) is 10.2 Å². The van der Waals surface area contributed by atoms with E-state index in [-0.39, 0.29) is 5.91 Å². The van der Waals surface area contributed by atoms with Crippen molar-refractivity contribution in [3.63, 3.8) is 0 Å². The van der Waals surface area contributed by atoms with E-state index in [4.69, 9.17) is 5.73 Å². The van der Waals surface area contributed by atoms with Gasteiger partial charge in [-0.2, -0.15) is 0 Å². The Morgan fingerprint density at radius 2 is 2.12 bits per heavy atom. The number of nitrogens with two attached hydrogens (primary N) is 1. The number of primary amides is 1. The van der Waals surface area contributed by atoms with Crippen LogP contribution in [0.2, 0.25) is 0 Å². The third-order valence-corrected chi connectivity index (χ3v) is 3.23. The Morgan fingerprint density at radius 1 is 1.41 bits per heavy atom. The molecule has 0 aromatic heterocycles. The standard InChI is InChI=1S/C13H19N3O/c1-10-8-11(13(14)17)2-3-12(10)9-16-6-4-15-5-7-16/h2-3,8,15H,4-7,9H2,1H3,(H2,14,17). The van der Waals surface area contributed by atoms with Crippen LogP contribution >= 0.6 is 0 Å². The number of aryl methyl sites for hydroxylation is 1. The fraction of sp³-hybridized carbons (Fsp3) is 0.462. The maximum Gasteiger partial charge on any atom is 0.248 e. The predicted octanol–water partition coefficient (Wildman–Crippen LogP) is 0.499. The van der Waals surface area contributed by atoms with E-state index in [9.17, 15) is 4.79 Å². The Morgan fingerprint density at radius 3 is 2.71 bits per heavy atom. The summed E-state index contributed by atoms with van der Waals surface area (Å²) in [7, 11) is 0. The van der Waals surface area contributed by atoms with Crippen LogP contribution in [-0.4, -0.2) is 37.0 Å². The fourth-order valence-corrected chi connectivity index (χ4v) is 2.14. The number of piperazine rings is 1. The van der Waals surface area contributed by atoms with Gasteiger partial charge in [-0.05, 0) is 30.2 Å². The molecule has 1 aliphatic rings. The van der Waals surface area contributed by atoms with Crippen molar-refractivity contribution in [2.24, 2.45) is 5.73 Å². The Hall–Kier alpha value is -1.39. The van der Waals surface area contributed by atoms with Crippen LogP contribution in [0.4, 0.5) is 0 Å². The Labute approximate surface area is 102 Å². The quantitative estimate of drug-likeness (QED) is 0.799. The molecule has 4 nitrogen and oxygen atoms in total. The smallest absolute Gasteiger partial charge is 0.248 e. The zero-order valence-electron chi connectivity index (χ0n) is 10.2. The lowest BCUT2D eigenvalue weighted by Gasteiger charge is -2.27. The number of rotatable bonds is 3. The minimum atomic E-state index is -0.359. The summed E-state index contributed by atoms with van der Waals surface area (Å²) < 4.78 is 0. The first-order valence-corrected chi connectivity index (χ1v) is 5.99. The minimum absolute atomic E-state index is 0.359. The minimum Gasteiger partial charge on any atom is -0.366 e. The summed E-state index contributed by atoms with van der Waals surface area (Å²) in [4.78, 5) is 13.5. The molecule has 0 saturated carbocycles. The maximum atomic E-state index is 11.1. The Kier molecular flexibility index (Phi) is 3.76. The maximum absolute atomic E-state index is 11.1. The van der Waals surface area contributed by atoms with Crippen LogP contribution in [0.3, 0.4) is 0 Å². The normalized spacial score (nSPS) is 17.0. The molecule has 0 radical (unpaired) electrons. The van der Waals surface area contributed by atoms with Crippen molar-refractivity contribution in [1.29, 1.82) is 0 Å². The van der Waals surface area contributed by atoms with Gasteiger partial charge in [-0.25, -0.2) is 0 Å². The van der Waals surface area contributed by atoms with Gasteiger partial charge < -0.3 is 11.1 Å². The van der Waals surface area contributed by atoms with Crippen molar-refractivity contribution in [3.05, 3.63) is 34.9 Å². The van der Waals surface area contributed by atoms with Gasteiger partial charge in [0.15, 0.2) is 0 Å². The van der Waals surface area contributed by atoms with E-state index in [1.54, 1.807) is 0 Å². The average molecular weight is 233 g/mol. The molecule has 0 atom stereocenters. The third kappa shape index (κ3) is 3.05. The summed E-state index contributed by atoms with van der Waals surface area (Å²) in [6.45, 7) is 7.25. The van der Waals surface area contributed by atoms with E-state index in [0.717, 1.165) is 38.3 Å². The third-order valence-electron chi connectivity index (χ3n) is 3.23. The lowest BCUT2D eigenvalue weighted by atomic mass is 10.0. The number of carbonyl (C=O) groups excluding carboxylic acids is 1. The zero-order valence-corrected chi connectivity index (χ0v) is 10.2. The SMILES string of the molecule is Cc1cc(C(N)=O)ccc1CN1CCNCC1. The first-order valence-electron chi connectivity index (χ1n) is 5.99. The molecule has 3 N–H and O–H groups in total. The molecule has 1 amide bonds. The number of benzene rings is 1. The lowest BCUT2D eigenvalue weighted by molar-refractivity contribution is 0.1000. The molecule has 0 bridgehead atoms. The molecule has 17 heavy (non-hydrogen) atoms. The van der Waals surface area contributed by atoms with Crippen LogP contribution in [-0.2, 0) is 6.54 Å². The molecule has 1 heterocycles. The zero-order chi connectivity index (χ0) is 12.3. The van der Waals surface area contributed by atoms with Crippen molar-refractivity contribution in [3.8, 4) is 0 Å². The van der Waals surface area contributed by atoms with Gasteiger partial charge in [-0.15, -0.1) is 0 Å². The fourth-order valence-electron chi connectivity index (χ4n) is 2.14. The Balaban J connectivity index is 2.08. The molecule has 1 aromatic rings. The summed E-state index contributed by atoms with van der Waals surface area (Å²) in [6.07, 6.45) is 0. The number of carbonyl (C=O) groups is 1. The van der Waals surface area contributed by atoms with E-state index in [0.29, 0.717) is 5.56 Å². The monoisotopic (exact) mass is 233 g/mol. The van der Waals surface area contributed by atoms with Crippen molar-refractivity contribution < 1.29 is 4.79 Å². The number of nitrogens with zero attached hydrogens (tertiary/aromatic N) is 1. The van der Waals surface area contributed by atoms with Crippen molar-refractivity contribution in [2.75, 3.05) is 26.2 Å². The van der Waals surface area contributed by atoms with Gasteiger partial charge in [0.05, 0.1) is 0 Å².